The Labute approximate surface area is 166 Å². The normalized spacial score (nSPS) is 14.3. The van der Waals surface area contributed by atoms with Gasteiger partial charge in [0.05, 0.1) is 11.3 Å². The van der Waals surface area contributed by atoms with Gasteiger partial charge in [-0.15, -0.1) is 11.8 Å². The minimum atomic E-state index is -0.0791. The molecule has 1 N–H and O–H groups in total. The van der Waals surface area contributed by atoms with E-state index in [2.05, 4.69) is 58.3 Å². The molecule has 0 atom stereocenters. The van der Waals surface area contributed by atoms with Crippen LogP contribution in [0.1, 0.15) is 52.8 Å². The molecule has 5 nitrogen and oxygen atoms in total. The minimum absolute atomic E-state index is 0.0791. The maximum absolute atomic E-state index is 12.7. The maximum Gasteiger partial charge on any atom is 0.255 e. The van der Waals surface area contributed by atoms with Crippen molar-refractivity contribution >= 4 is 17.7 Å². The molecule has 1 amide bonds. The van der Waals surface area contributed by atoms with Crippen molar-refractivity contribution in [2.24, 2.45) is 0 Å². The Morgan fingerprint density at radius 1 is 1.26 bits per heavy atom. The molecule has 0 saturated carbocycles. The lowest BCUT2D eigenvalue weighted by Gasteiger charge is -2.28. The van der Waals surface area contributed by atoms with Crippen LogP contribution in [0.15, 0.2) is 29.3 Å². The monoisotopic (exact) mass is 384 g/mol. The Morgan fingerprint density at radius 3 is 2.70 bits per heavy atom. The number of benzene rings is 1. The van der Waals surface area contributed by atoms with Gasteiger partial charge in [0.2, 0.25) is 0 Å². The van der Waals surface area contributed by atoms with E-state index >= 15 is 0 Å². The van der Waals surface area contributed by atoms with Crippen molar-refractivity contribution in [3.8, 4) is 0 Å². The molecule has 144 valence electrons. The van der Waals surface area contributed by atoms with Crippen LogP contribution in [-0.2, 0) is 13.0 Å². The van der Waals surface area contributed by atoms with Gasteiger partial charge in [-0.25, -0.2) is 9.97 Å². The van der Waals surface area contributed by atoms with Crippen molar-refractivity contribution in [1.82, 2.24) is 20.2 Å². The van der Waals surface area contributed by atoms with E-state index in [1.807, 2.05) is 13.2 Å². The number of fused-ring (bicyclic) bond motifs is 1. The standard InChI is InChI=1S/C21H28N4OS/c1-14(2)19-23-15(3)18(21(24-19)27-4)20(26)22-10-12-25-11-9-16-7-5-6-8-17(16)13-25/h5-8,14H,9-13H2,1-4H3,(H,22,26). The Hall–Kier alpha value is -1.92. The molecule has 0 spiro atoms. The molecule has 2 aromatic rings. The molecule has 1 aromatic carbocycles. The lowest BCUT2D eigenvalue weighted by Crippen LogP contribution is -2.38. The Kier molecular flexibility index (Phi) is 6.50. The Morgan fingerprint density at radius 2 is 2.00 bits per heavy atom. The van der Waals surface area contributed by atoms with Crippen molar-refractivity contribution in [2.45, 2.75) is 44.7 Å². The van der Waals surface area contributed by atoms with Gasteiger partial charge in [-0.1, -0.05) is 38.1 Å². The Balaban J connectivity index is 1.60. The summed E-state index contributed by atoms with van der Waals surface area (Å²) in [6.07, 6.45) is 3.03. The van der Waals surface area contributed by atoms with Crippen molar-refractivity contribution in [1.29, 1.82) is 0 Å². The summed E-state index contributed by atoms with van der Waals surface area (Å²) in [5, 5.41) is 3.82. The summed E-state index contributed by atoms with van der Waals surface area (Å²) in [6, 6.07) is 8.61. The number of nitrogens with zero attached hydrogens (tertiary/aromatic N) is 3. The fourth-order valence-corrected chi connectivity index (χ4v) is 4.03. The molecule has 0 unspecified atom stereocenters. The smallest absolute Gasteiger partial charge is 0.255 e. The lowest BCUT2D eigenvalue weighted by atomic mass is 10.00. The highest BCUT2D eigenvalue weighted by molar-refractivity contribution is 7.98. The highest BCUT2D eigenvalue weighted by Crippen LogP contribution is 2.23. The van der Waals surface area contributed by atoms with Gasteiger partial charge in [-0.3, -0.25) is 9.69 Å². The average molecular weight is 385 g/mol. The summed E-state index contributed by atoms with van der Waals surface area (Å²) < 4.78 is 0. The number of aryl methyl sites for hydroxylation is 1. The first kappa shape index (κ1) is 19.8. The van der Waals surface area contributed by atoms with E-state index in [1.54, 1.807) is 0 Å². The van der Waals surface area contributed by atoms with E-state index in [-0.39, 0.29) is 11.8 Å². The largest absolute Gasteiger partial charge is 0.351 e. The molecule has 1 aliphatic heterocycles. The fourth-order valence-electron chi connectivity index (χ4n) is 3.40. The van der Waals surface area contributed by atoms with Crippen LogP contribution in [0.25, 0.3) is 0 Å². The second-order valence-electron chi connectivity index (χ2n) is 7.26. The topological polar surface area (TPSA) is 58.1 Å². The third-order valence-electron chi connectivity index (χ3n) is 4.93. The summed E-state index contributed by atoms with van der Waals surface area (Å²) in [5.41, 5.74) is 4.20. The molecular weight excluding hydrogens is 356 g/mol. The first-order valence-electron chi connectivity index (χ1n) is 9.49. The molecule has 0 fully saturated rings. The summed E-state index contributed by atoms with van der Waals surface area (Å²) in [4.78, 5) is 24.2. The molecule has 0 radical (unpaired) electrons. The van der Waals surface area contributed by atoms with E-state index in [1.165, 1.54) is 22.9 Å². The molecule has 6 heteroatoms. The van der Waals surface area contributed by atoms with Gasteiger partial charge in [0, 0.05) is 32.1 Å². The molecule has 0 bridgehead atoms. The van der Waals surface area contributed by atoms with Crippen LogP contribution >= 0.6 is 11.8 Å². The predicted octanol–water partition coefficient (Wildman–Crippen LogP) is 3.42. The molecule has 0 saturated heterocycles. The molecule has 2 heterocycles. The van der Waals surface area contributed by atoms with Crippen LogP contribution in [0.4, 0.5) is 0 Å². The van der Waals surface area contributed by atoms with E-state index in [9.17, 15) is 4.79 Å². The molecule has 1 aromatic heterocycles. The van der Waals surface area contributed by atoms with Gasteiger partial charge in [-0.05, 0) is 30.7 Å². The third-order valence-corrected chi connectivity index (χ3v) is 5.62. The second-order valence-corrected chi connectivity index (χ2v) is 8.05. The number of rotatable bonds is 6. The van der Waals surface area contributed by atoms with Crippen molar-refractivity contribution in [3.63, 3.8) is 0 Å². The van der Waals surface area contributed by atoms with Crippen LogP contribution in [0.5, 0.6) is 0 Å². The summed E-state index contributed by atoms with van der Waals surface area (Å²) >= 11 is 1.50. The molecule has 3 rings (SSSR count). The molecular formula is C21H28N4OS. The maximum atomic E-state index is 12.7. The summed E-state index contributed by atoms with van der Waals surface area (Å²) in [6.45, 7) is 9.48. The van der Waals surface area contributed by atoms with Crippen molar-refractivity contribution in [3.05, 3.63) is 52.5 Å². The first-order chi connectivity index (χ1) is 13.0. The number of nitrogens with one attached hydrogen (secondary N) is 1. The van der Waals surface area contributed by atoms with Gasteiger partial charge < -0.3 is 5.32 Å². The van der Waals surface area contributed by atoms with Crippen LogP contribution in [0.2, 0.25) is 0 Å². The average Bonchev–Trinajstić information content (AvgIpc) is 2.66. The third kappa shape index (κ3) is 4.68. The zero-order valence-corrected chi connectivity index (χ0v) is 17.4. The zero-order chi connectivity index (χ0) is 19.4. The van der Waals surface area contributed by atoms with E-state index < -0.39 is 0 Å². The predicted molar refractivity (Wildman–Crippen MR) is 110 cm³/mol. The lowest BCUT2D eigenvalue weighted by molar-refractivity contribution is 0.0942. The fraction of sp³-hybridized carbons (Fsp3) is 0.476. The highest BCUT2D eigenvalue weighted by atomic mass is 32.2. The SMILES string of the molecule is CSc1nc(C(C)C)nc(C)c1C(=O)NCCN1CCc2ccccc2C1. The summed E-state index contributed by atoms with van der Waals surface area (Å²) in [5.74, 6) is 0.957. The zero-order valence-electron chi connectivity index (χ0n) is 16.6. The van der Waals surface area contributed by atoms with Gasteiger partial charge in [-0.2, -0.15) is 0 Å². The number of thioether (sulfide) groups is 1. The van der Waals surface area contributed by atoms with Crippen LogP contribution in [-0.4, -0.2) is 46.7 Å². The van der Waals surface area contributed by atoms with Gasteiger partial charge >= 0.3 is 0 Å². The van der Waals surface area contributed by atoms with Crippen molar-refractivity contribution in [2.75, 3.05) is 25.9 Å². The number of amides is 1. The number of hydrogen-bond acceptors (Lipinski definition) is 5. The number of carbonyl (C=O) groups is 1. The van der Waals surface area contributed by atoms with Gasteiger partial charge in [0.15, 0.2) is 0 Å². The number of hydrogen-bond donors (Lipinski definition) is 1. The van der Waals surface area contributed by atoms with E-state index in [0.29, 0.717) is 12.1 Å². The summed E-state index contributed by atoms with van der Waals surface area (Å²) in [7, 11) is 0. The van der Waals surface area contributed by atoms with Gasteiger partial charge in [0.1, 0.15) is 10.9 Å². The van der Waals surface area contributed by atoms with Gasteiger partial charge in [0.25, 0.3) is 5.91 Å². The Bertz CT molecular complexity index is 822. The van der Waals surface area contributed by atoms with E-state index in [4.69, 9.17) is 0 Å². The number of carbonyl (C=O) groups excluding carboxylic acids is 1. The minimum Gasteiger partial charge on any atom is -0.351 e. The van der Waals surface area contributed by atoms with Crippen LogP contribution in [0, 0.1) is 6.92 Å². The molecule has 27 heavy (non-hydrogen) atoms. The quantitative estimate of drug-likeness (QED) is 0.611. The van der Waals surface area contributed by atoms with Crippen LogP contribution < -0.4 is 5.32 Å². The van der Waals surface area contributed by atoms with E-state index in [0.717, 1.165) is 42.6 Å². The highest BCUT2D eigenvalue weighted by Gasteiger charge is 2.20. The molecule has 1 aliphatic rings. The first-order valence-corrected chi connectivity index (χ1v) is 10.7. The van der Waals surface area contributed by atoms with Crippen molar-refractivity contribution < 1.29 is 4.79 Å². The second kappa shape index (κ2) is 8.85. The van der Waals surface area contributed by atoms with Crippen LogP contribution in [0.3, 0.4) is 0 Å². The number of aromatic nitrogens is 2. The molecule has 0 aliphatic carbocycles.